The Labute approximate surface area is 194 Å². The van der Waals surface area contributed by atoms with Gasteiger partial charge in [0.25, 0.3) is 11.8 Å². The number of hydrogen-bond acceptors (Lipinski definition) is 3. The van der Waals surface area contributed by atoms with Crippen LogP contribution in [0, 0.1) is 5.82 Å². The normalized spacial score (nSPS) is 10.9. The number of nitrogens with one attached hydrogen (secondary N) is 1. The maximum atomic E-state index is 14.1. The smallest absolute Gasteiger partial charge is 0.279 e. The molecule has 0 radical (unpaired) electrons. The number of rotatable bonds is 7. The molecular weight excluding hydrogens is 419 g/mol. The molecule has 3 rings (SSSR count). The van der Waals surface area contributed by atoms with Crippen molar-refractivity contribution in [1.82, 2.24) is 10.4 Å². The number of carbonyl (C=O) groups is 2. The third-order valence-electron chi connectivity index (χ3n) is 5.21. The molecule has 0 aliphatic carbocycles. The van der Waals surface area contributed by atoms with Gasteiger partial charge < -0.3 is 4.74 Å². The highest BCUT2D eigenvalue weighted by Crippen LogP contribution is 2.36. The molecule has 1 N–H and O–H groups in total. The maximum Gasteiger partial charge on any atom is 0.279 e. The van der Waals surface area contributed by atoms with Gasteiger partial charge in [-0.1, -0.05) is 56.3 Å². The third-order valence-corrected chi connectivity index (χ3v) is 5.21. The molecule has 33 heavy (non-hydrogen) atoms. The van der Waals surface area contributed by atoms with E-state index in [1.807, 2.05) is 30.3 Å². The van der Waals surface area contributed by atoms with Crippen molar-refractivity contribution in [3.05, 3.63) is 89.7 Å². The topological polar surface area (TPSA) is 58.6 Å². The first-order chi connectivity index (χ1) is 15.8. The number of amides is 2. The van der Waals surface area contributed by atoms with Crippen molar-refractivity contribution in [2.24, 2.45) is 0 Å². The molecule has 6 heteroatoms. The minimum Gasteiger partial charge on any atom is -0.483 e. The molecule has 2 amide bonds. The van der Waals surface area contributed by atoms with E-state index in [1.54, 1.807) is 38.1 Å². The van der Waals surface area contributed by atoms with Crippen molar-refractivity contribution in [2.45, 2.75) is 39.7 Å². The van der Waals surface area contributed by atoms with Crippen LogP contribution in [0.2, 0.25) is 0 Å². The molecule has 172 valence electrons. The Hall–Kier alpha value is -3.67. The van der Waals surface area contributed by atoms with Gasteiger partial charge in [-0.05, 0) is 61.2 Å². The van der Waals surface area contributed by atoms with E-state index in [9.17, 15) is 14.0 Å². The van der Waals surface area contributed by atoms with Crippen LogP contribution in [0.3, 0.4) is 0 Å². The molecule has 0 aromatic heterocycles. The lowest BCUT2D eigenvalue weighted by atomic mass is 9.92. The Bertz CT molecular complexity index is 1110. The van der Waals surface area contributed by atoms with Gasteiger partial charge in [0, 0.05) is 17.2 Å². The van der Waals surface area contributed by atoms with Crippen molar-refractivity contribution < 1.29 is 18.7 Å². The van der Waals surface area contributed by atoms with Gasteiger partial charge in [-0.25, -0.2) is 9.40 Å². The van der Waals surface area contributed by atoms with Gasteiger partial charge in [0.05, 0.1) is 0 Å². The summed E-state index contributed by atoms with van der Waals surface area (Å²) in [5.41, 5.74) is 5.59. The molecule has 0 saturated carbocycles. The summed E-state index contributed by atoms with van der Waals surface area (Å²) in [5.74, 6) is -0.562. The predicted molar refractivity (Wildman–Crippen MR) is 127 cm³/mol. The lowest BCUT2D eigenvalue weighted by Gasteiger charge is -2.27. The van der Waals surface area contributed by atoms with E-state index in [4.69, 9.17) is 4.74 Å². The number of hydrogen-bond donors (Lipinski definition) is 1. The molecule has 3 aromatic carbocycles. The Kier molecular flexibility index (Phi) is 7.83. The monoisotopic (exact) mass is 448 g/mol. The number of halogens is 1. The van der Waals surface area contributed by atoms with Crippen LogP contribution >= 0.6 is 0 Å². The van der Waals surface area contributed by atoms with Gasteiger partial charge >= 0.3 is 0 Å². The molecule has 0 atom stereocenters. The number of carbonyl (C=O) groups excluding carboxylic acids is 2. The van der Waals surface area contributed by atoms with Crippen LogP contribution in [0.15, 0.2) is 72.8 Å². The molecule has 5 nitrogen and oxygen atoms in total. The lowest BCUT2D eigenvalue weighted by Crippen LogP contribution is -2.51. The van der Waals surface area contributed by atoms with Crippen LogP contribution < -0.4 is 10.2 Å². The lowest BCUT2D eigenvalue weighted by molar-refractivity contribution is -0.137. The van der Waals surface area contributed by atoms with Crippen LogP contribution in [0.1, 0.15) is 49.5 Å². The second-order valence-electron chi connectivity index (χ2n) is 8.34. The van der Waals surface area contributed by atoms with E-state index in [-0.39, 0.29) is 30.3 Å². The number of hydrazine groups is 1. The first-order valence-corrected chi connectivity index (χ1v) is 11.0. The summed E-state index contributed by atoms with van der Waals surface area (Å²) < 4.78 is 20.0. The standard InChI is InChI=1S/C27H29FN2O3/c1-18(2)22-12-8-9-13-23(22)24-16-21(28)14-15-25(24)33-17-26(31)30(19(3)4)29-27(32)20-10-6-5-7-11-20/h5-16,18-19H,17H2,1-4H3,(H,29,32). The van der Waals surface area contributed by atoms with Crippen molar-refractivity contribution in [1.29, 1.82) is 0 Å². The van der Waals surface area contributed by atoms with Crippen molar-refractivity contribution >= 4 is 11.8 Å². The van der Waals surface area contributed by atoms with Crippen LogP contribution in [0.4, 0.5) is 4.39 Å². The first-order valence-electron chi connectivity index (χ1n) is 11.0. The minimum atomic E-state index is -0.415. The minimum absolute atomic E-state index is 0.226. The van der Waals surface area contributed by atoms with Crippen molar-refractivity contribution in [2.75, 3.05) is 6.61 Å². The molecule has 0 unspecified atom stereocenters. The van der Waals surface area contributed by atoms with Crippen molar-refractivity contribution in [3.8, 4) is 16.9 Å². The number of nitrogens with zero attached hydrogens (tertiary/aromatic N) is 1. The highest BCUT2D eigenvalue weighted by Gasteiger charge is 2.22. The van der Waals surface area contributed by atoms with Crippen LogP contribution in [0.5, 0.6) is 5.75 Å². The van der Waals surface area contributed by atoms with Gasteiger partial charge in [0.15, 0.2) is 6.61 Å². The molecule has 3 aromatic rings. The largest absolute Gasteiger partial charge is 0.483 e. The Morgan fingerprint density at radius 1 is 0.909 bits per heavy atom. The van der Waals surface area contributed by atoms with Crippen LogP contribution in [0.25, 0.3) is 11.1 Å². The number of ether oxygens (including phenoxy) is 1. The Balaban J connectivity index is 1.80. The van der Waals surface area contributed by atoms with Gasteiger partial charge in [0.2, 0.25) is 0 Å². The summed E-state index contributed by atoms with van der Waals surface area (Å²) in [6.07, 6.45) is 0. The Morgan fingerprint density at radius 3 is 2.24 bits per heavy atom. The molecule has 0 fully saturated rings. The molecule has 0 heterocycles. The summed E-state index contributed by atoms with van der Waals surface area (Å²) in [4.78, 5) is 25.5. The maximum absolute atomic E-state index is 14.1. The average molecular weight is 449 g/mol. The van der Waals surface area contributed by atoms with E-state index >= 15 is 0 Å². The van der Waals surface area contributed by atoms with E-state index < -0.39 is 5.91 Å². The fraction of sp³-hybridized carbons (Fsp3) is 0.259. The predicted octanol–water partition coefficient (Wildman–Crippen LogP) is 5.58. The molecule has 0 spiro atoms. The van der Waals surface area contributed by atoms with E-state index in [1.165, 1.54) is 23.2 Å². The van der Waals surface area contributed by atoms with E-state index in [2.05, 4.69) is 19.3 Å². The SMILES string of the molecule is CC(C)c1ccccc1-c1cc(F)ccc1OCC(=O)N(NC(=O)c1ccccc1)C(C)C. The molecular formula is C27H29FN2O3. The third kappa shape index (κ3) is 5.98. The van der Waals surface area contributed by atoms with E-state index in [0.717, 1.165) is 11.1 Å². The fourth-order valence-corrected chi connectivity index (χ4v) is 3.54. The van der Waals surface area contributed by atoms with Crippen LogP contribution in [-0.2, 0) is 4.79 Å². The summed E-state index contributed by atoms with van der Waals surface area (Å²) in [6.45, 7) is 7.42. The molecule has 0 aliphatic rings. The summed E-state index contributed by atoms with van der Waals surface area (Å²) in [6, 6.07) is 20.4. The van der Waals surface area contributed by atoms with Crippen molar-refractivity contribution in [3.63, 3.8) is 0 Å². The highest BCUT2D eigenvalue weighted by molar-refractivity contribution is 5.95. The van der Waals surface area contributed by atoms with Gasteiger partial charge in [-0.3, -0.25) is 15.0 Å². The fourth-order valence-electron chi connectivity index (χ4n) is 3.54. The quantitative estimate of drug-likeness (QED) is 0.480. The van der Waals surface area contributed by atoms with Gasteiger partial charge in [-0.15, -0.1) is 0 Å². The molecule has 0 bridgehead atoms. The molecule has 0 saturated heterocycles. The first kappa shape index (κ1) is 24.0. The van der Waals surface area contributed by atoms with Gasteiger partial charge in [-0.2, -0.15) is 0 Å². The Morgan fingerprint density at radius 2 is 1.58 bits per heavy atom. The van der Waals surface area contributed by atoms with Crippen LogP contribution in [-0.4, -0.2) is 29.5 Å². The summed E-state index contributed by atoms with van der Waals surface area (Å²) in [7, 11) is 0. The zero-order valence-corrected chi connectivity index (χ0v) is 19.3. The van der Waals surface area contributed by atoms with Gasteiger partial charge in [0.1, 0.15) is 11.6 Å². The number of benzene rings is 3. The summed E-state index contributed by atoms with van der Waals surface area (Å²) in [5, 5.41) is 1.25. The second-order valence-corrected chi connectivity index (χ2v) is 8.34. The highest BCUT2D eigenvalue weighted by atomic mass is 19.1. The average Bonchev–Trinajstić information content (AvgIpc) is 2.81. The summed E-state index contributed by atoms with van der Waals surface area (Å²) >= 11 is 0. The zero-order valence-electron chi connectivity index (χ0n) is 19.3. The zero-order chi connectivity index (χ0) is 24.0. The second kappa shape index (κ2) is 10.8. The molecule has 0 aliphatic heterocycles. The van der Waals surface area contributed by atoms with E-state index in [0.29, 0.717) is 16.9 Å².